The second kappa shape index (κ2) is 9.02. The summed E-state index contributed by atoms with van der Waals surface area (Å²) in [6, 6.07) is 15.3. The molecule has 0 aliphatic carbocycles. The van der Waals surface area contributed by atoms with Crippen LogP contribution in [0.25, 0.3) is 11.3 Å². The molecule has 1 heterocycles. The maximum absolute atomic E-state index is 12.2. The van der Waals surface area contributed by atoms with Crippen LogP contribution in [-0.4, -0.2) is 17.5 Å². The number of rotatable bonds is 7. The molecule has 0 radical (unpaired) electrons. The predicted octanol–water partition coefficient (Wildman–Crippen LogP) is 5.74. The smallest absolute Gasteiger partial charge is 0.264 e. The third kappa shape index (κ3) is 5.31. The van der Waals surface area contributed by atoms with Gasteiger partial charge in [0.25, 0.3) is 5.91 Å². The van der Waals surface area contributed by atoms with E-state index in [1.807, 2.05) is 55.5 Å². The van der Waals surface area contributed by atoms with E-state index in [2.05, 4.69) is 17.2 Å². The van der Waals surface area contributed by atoms with Gasteiger partial charge in [0.05, 0.1) is 5.69 Å². The average molecular weight is 401 g/mol. The number of nitrogens with one attached hydrogen (secondary N) is 1. The van der Waals surface area contributed by atoms with Crippen LogP contribution in [-0.2, 0) is 11.2 Å². The summed E-state index contributed by atoms with van der Waals surface area (Å²) >= 11 is 7.37. The average Bonchev–Trinajstić information content (AvgIpc) is 3.02. The Morgan fingerprint density at radius 1 is 1.15 bits per heavy atom. The maximum atomic E-state index is 12.2. The molecule has 0 saturated carbocycles. The molecule has 1 aromatic heterocycles. The van der Waals surface area contributed by atoms with Gasteiger partial charge in [-0.3, -0.25) is 10.1 Å². The summed E-state index contributed by atoms with van der Waals surface area (Å²) in [6.07, 6.45) is 2.15. The number of benzene rings is 2. The van der Waals surface area contributed by atoms with Gasteiger partial charge in [-0.25, -0.2) is 4.98 Å². The number of hydrogen-bond donors (Lipinski definition) is 1. The van der Waals surface area contributed by atoms with Crippen LogP contribution in [0.1, 0.15) is 23.8 Å². The number of hydrogen-bond acceptors (Lipinski definition) is 4. The number of halogens is 1. The number of carbonyl (C=O) groups is 1. The van der Waals surface area contributed by atoms with Gasteiger partial charge in [0.2, 0.25) is 0 Å². The van der Waals surface area contributed by atoms with Gasteiger partial charge in [-0.05, 0) is 43.2 Å². The van der Waals surface area contributed by atoms with E-state index in [-0.39, 0.29) is 12.5 Å². The number of anilines is 1. The SMILES string of the molecule is CCCc1ccc(OCC(=O)Nc2nc(-c3ccc(Cl)cc3)c(C)s2)cc1. The van der Waals surface area contributed by atoms with Crippen molar-refractivity contribution in [1.82, 2.24) is 4.98 Å². The topological polar surface area (TPSA) is 51.2 Å². The highest BCUT2D eigenvalue weighted by molar-refractivity contribution is 7.16. The largest absolute Gasteiger partial charge is 0.484 e. The minimum atomic E-state index is -0.232. The van der Waals surface area contributed by atoms with Gasteiger partial charge in [0, 0.05) is 15.5 Å². The Labute approximate surface area is 168 Å². The highest BCUT2D eigenvalue weighted by Crippen LogP contribution is 2.31. The fraction of sp³-hybridized carbons (Fsp3) is 0.238. The zero-order chi connectivity index (χ0) is 19.2. The third-order valence-electron chi connectivity index (χ3n) is 3.99. The first-order valence-electron chi connectivity index (χ1n) is 8.80. The molecule has 0 fully saturated rings. The Morgan fingerprint density at radius 3 is 2.52 bits per heavy atom. The van der Waals surface area contributed by atoms with Gasteiger partial charge in [-0.1, -0.05) is 49.2 Å². The number of aromatic nitrogens is 1. The molecule has 0 aliphatic rings. The van der Waals surface area contributed by atoms with Crippen LogP contribution < -0.4 is 10.1 Å². The number of thiazole rings is 1. The van der Waals surface area contributed by atoms with E-state index >= 15 is 0 Å². The summed E-state index contributed by atoms with van der Waals surface area (Å²) in [5.41, 5.74) is 3.08. The minimum Gasteiger partial charge on any atom is -0.484 e. The molecule has 0 atom stereocenters. The fourth-order valence-corrected chi connectivity index (χ4v) is 3.65. The Kier molecular flexibility index (Phi) is 6.48. The normalized spacial score (nSPS) is 10.6. The fourth-order valence-electron chi connectivity index (χ4n) is 2.67. The van der Waals surface area contributed by atoms with E-state index < -0.39 is 0 Å². The summed E-state index contributed by atoms with van der Waals surface area (Å²) in [6.45, 7) is 4.07. The number of ether oxygens (including phenoxy) is 1. The van der Waals surface area contributed by atoms with Gasteiger partial charge in [0.1, 0.15) is 5.75 Å². The molecule has 6 heteroatoms. The van der Waals surface area contributed by atoms with Gasteiger partial charge < -0.3 is 4.74 Å². The Balaban J connectivity index is 1.58. The first kappa shape index (κ1) is 19.4. The molecule has 4 nitrogen and oxygen atoms in total. The summed E-state index contributed by atoms with van der Waals surface area (Å²) in [7, 11) is 0. The van der Waals surface area contributed by atoms with Crippen molar-refractivity contribution in [3.05, 3.63) is 64.0 Å². The second-order valence-corrected chi connectivity index (χ2v) is 7.80. The number of aryl methyl sites for hydroxylation is 2. The summed E-state index contributed by atoms with van der Waals surface area (Å²) in [4.78, 5) is 17.7. The molecule has 27 heavy (non-hydrogen) atoms. The van der Waals surface area contributed by atoms with Gasteiger partial charge in [-0.2, -0.15) is 0 Å². The van der Waals surface area contributed by atoms with E-state index in [0.29, 0.717) is 15.9 Å². The minimum absolute atomic E-state index is 0.0535. The number of carbonyl (C=O) groups excluding carboxylic acids is 1. The highest BCUT2D eigenvalue weighted by Gasteiger charge is 2.12. The Hall–Kier alpha value is -2.37. The molecule has 3 aromatic rings. The van der Waals surface area contributed by atoms with Crippen LogP contribution in [0.5, 0.6) is 5.75 Å². The molecule has 2 aromatic carbocycles. The molecule has 3 rings (SSSR count). The van der Waals surface area contributed by atoms with Crippen molar-refractivity contribution in [1.29, 1.82) is 0 Å². The zero-order valence-corrected chi connectivity index (χ0v) is 16.9. The van der Waals surface area contributed by atoms with Gasteiger partial charge in [0.15, 0.2) is 11.7 Å². The van der Waals surface area contributed by atoms with Crippen molar-refractivity contribution >= 4 is 34.0 Å². The predicted molar refractivity (Wildman–Crippen MR) is 112 cm³/mol. The van der Waals surface area contributed by atoms with Crippen LogP contribution in [0.2, 0.25) is 5.02 Å². The highest BCUT2D eigenvalue weighted by atomic mass is 35.5. The standard InChI is InChI=1S/C21H21ClN2O2S/c1-3-4-15-5-11-18(12-6-15)26-13-19(25)23-21-24-20(14(2)27-21)16-7-9-17(22)10-8-16/h5-12H,3-4,13H2,1-2H3,(H,23,24,25). The van der Waals surface area contributed by atoms with Crippen LogP contribution >= 0.6 is 22.9 Å². The lowest BCUT2D eigenvalue weighted by atomic mass is 10.1. The summed E-state index contributed by atoms with van der Waals surface area (Å²) in [5.74, 6) is 0.450. The molecule has 0 aliphatic heterocycles. The van der Waals surface area contributed by atoms with Gasteiger partial charge >= 0.3 is 0 Å². The van der Waals surface area contributed by atoms with Crippen molar-refractivity contribution in [2.75, 3.05) is 11.9 Å². The molecule has 0 unspecified atom stereocenters. The summed E-state index contributed by atoms with van der Waals surface area (Å²) in [5, 5.41) is 4.04. The van der Waals surface area contributed by atoms with Gasteiger partial charge in [-0.15, -0.1) is 11.3 Å². The lowest BCUT2D eigenvalue weighted by molar-refractivity contribution is -0.118. The number of amides is 1. The molecule has 0 saturated heterocycles. The quantitative estimate of drug-likeness (QED) is 0.550. The molecule has 1 amide bonds. The molecule has 140 valence electrons. The first-order chi connectivity index (χ1) is 13.0. The van der Waals surface area contributed by atoms with E-state index in [1.165, 1.54) is 16.9 Å². The van der Waals surface area contributed by atoms with Crippen LogP contribution in [0.4, 0.5) is 5.13 Å². The Bertz CT molecular complexity index is 905. The molecule has 0 bridgehead atoms. The first-order valence-corrected chi connectivity index (χ1v) is 9.99. The molecule has 0 spiro atoms. The lowest BCUT2D eigenvalue weighted by Crippen LogP contribution is -2.20. The second-order valence-electron chi connectivity index (χ2n) is 6.16. The van der Waals surface area contributed by atoms with Crippen LogP contribution in [0, 0.1) is 6.92 Å². The molecule has 1 N–H and O–H groups in total. The molecular weight excluding hydrogens is 380 g/mol. The number of nitrogens with zero attached hydrogens (tertiary/aromatic N) is 1. The van der Waals surface area contributed by atoms with Crippen molar-refractivity contribution in [3.63, 3.8) is 0 Å². The van der Waals surface area contributed by atoms with Crippen molar-refractivity contribution in [2.45, 2.75) is 26.7 Å². The van der Waals surface area contributed by atoms with Crippen molar-refractivity contribution < 1.29 is 9.53 Å². The Morgan fingerprint density at radius 2 is 1.85 bits per heavy atom. The van der Waals surface area contributed by atoms with E-state index in [9.17, 15) is 4.79 Å². The zero-order valence-electron chi connectivity index (χ0n) is 15.3. The van der Waals surface area contributed by atoms with E-state index in [0.717, 1.165) is 29.0 Å². The van der Waals surface area contributed by atoms with Crippen molar-refractivity contribution in [2.24, 2.45) is 0 Å². The van der Waals surface area contributed by atoms with E-state index in [1.54, 1.807) is 0 Å². The summed E-state index contributed by atoms with van der Waals surface area (Å²) < 4.78 is 5.56. The van der Waals surface area contributed by atoms with E-state index in [4.69, 9.17) is 16.3 Å². The molecular formula is C21H21ClN2O2S. The van der Waals surface area contributed by atoms with Crippen molar-refractivity contribution in [3.8, 4) is 17.0 Å². The van der Waals surface area contributed by atoms with Crippen LogP contribution in [0.3, 0.4) is 0 Å². The third-order valence-corrected chi connectivity index (χ3v) is 5.13. The lowest BCUT2D eigenvalue weighted by Gasteiger charge is -2.06. The monoisotopic (exact) mass is 400 g/mol. The maximum Gasteiger partial charge on any atom is 0.264 e. The van der Waals surface area contributed by atoms with Crippen LogP contribution in [0.15, 0.2) is 48.5 Å².